The third-order valence-electron chi connectivity index (χ3n) is 11.3. The second kappa shape index (κ2) is 11.1. The van der Waals surface area contributed by atoms with Crippen LogP contribution >= 0.6 is 0 Å². The average Bonchev–Trinajstić information content (AvgIpc) is 3.24. The van der Waals surface area contributed by atoms with Gasteiger partial charge in [-0.2, -0.15) is 0 Å². The second-order valence-corrected chi connectivity index (χ2v) is 13.9. The first kappa shape index (κ1) is 30.0. The molecule has 0 aromatic heterocycles. The lowest BCUT2D eigenvalue weighted by molar-refractivity contribution is -0.0835. The molecule has 0 aliphatic heterocycles. The molecule has 4 rings (SSSR count). The van der Waals surface area contributed by atoms with E-state index in [9.17, 15) is 14.7 Å². The minimum atomic E-state index is -0.718. The van der Waals surface area contributed by atoms with Crippen molar-refractivity contribution < 1.29 is 33.6 Å². The maximum atomic E-state index is 12.3. The van der Waals surface area contributed by atoms with E-state index in [4.69, 9.17) is 18.9 Å². The van der Waals surface area contributed by atoms with E-state index < -0.39 is 30.1 Å². The van der Waals surface area contributed by atoms with Gasteiger partial charge in [-0.05, 0) is 87.4 Å². The summed E-state index contributed by atoms with van der Waals surface area (Å²) in [5, 5.41) is 10.3. The Morgan fingerprint density at radius 3 is 2.33 bits per heavy atom. The van der Waals surface area contributed by atoms with Crippen LogP contribution in [0.25, 0.3) is 0 Å². The van der Waals surface area contributed by atoms with Crippen molar-refractivity contribution >= 4 is 12.3 Å². The predicted octanol–water partition coefficient (Wildman–Crippen LogP) is 7.22. The van der Waals surface area contributed by atoms with Gasteiger partial charge in [0.05, 0.1) is 19.8 Å². The van der Waals surface area contributed by atoms with Crippen LogP contribution < -0.4 is 0 Å². The number of aliphatic hydroxyl groups is 1. The van der Waals surface area contributed by atoms with E-state index in [-0.39, 0.29) is 16.7 Å². The number of methoxy groups -OCH3 is 2. The predicted molar refractivity (Wildman–Crippen MR) is 149 cm³/mol. The van der Waals surface area contributed by atoms with Gasteiger partial charge < -0.3 is 24.1 Å². The van der Waals surface area contributed by atoms with E-state index in [1.54, 1.807) is 0 Å². The minimum Gasteiger partial charge on any atom is -0.438 e. The zero-order valence-corrected chi connectivity index (χ0v) is 25.2. The molecule has 4 aliphatic rings. The number of rotatable bonds is 7. The molecule has 0 radical (unpaired) electrons. The molecule has 0 aromatic rings. The van der Waals surface area contributed by atoms with Crippen molar-refractivity contribution in [3.05, 3.63) is 23.3 Å². The maximum Gasteiger partial charge on any atom is 0.508 e. The highest BCUT2D eigenvalue weighted by atomic mass is 16.7. The molecule has 0 bridgehead atoms. The summed E-state index contributed by atoms with van der Waals surface area (Å²) in [6, 6.07) is 0. The zero-order chi connectivity index (χ0) is 28.8. The van der Waals surface area contributed by atoms with Crippen molar-refractivity contribution in [1.82, 2.24) is 0 Å². The molecule has 4 aliphatic carbocycles. The first-order valence-electron chi connectivity index (χ1n) is 14.9. The van der Waals surface area contributed by atoms with Gasteiger partial charge in [-0.25, -0.2) is 9.59 Å². The van der Waals surface area contributed by atoms with Gasteiger partial charge in [-0.1, -0.05) is 51.0 Å². The lowest BCUT2D eigenvalue weighted by Gasteiger charge is -2.57. The quantitative estimate of drug-likeness (QED) is 0.337. The lowest BCUT2D eigenvalue weighted by atomic mass is 9.49. The number of allylic oxidation sites excluding steroid dienone is 3. The van der Waals surface area contributed by atoms with Crippen molar-refractivity contribution in [2.75, 3.05) is 14.2 Å². The summed E-state index contributed by atoms with van der Waals surface area (Å²) in [6.07, 6.45) is 9.72. The van der Waals surface area contributed by atoms with Crippen LogP contribution in [0.2, 0.25) is 0 Å². The summed E-state index contributed by atoms with van der Waals surface area (Å²) in [5.41, 5.74) is 1.90. The number of hydrogen-bond acceptors (Lipinski definition) is 7. The summed E-state index contributed by atoms with van der Waals surface area (Å²) in [7, 11) is 2.63. The van der Waals surface area contributed by atoms with Crippen molar-refractivity contribution in [1.29, 1.82) is 0 Å². The molecule has 0 saturated heterocycles. The first-order chi connectivity index (χ1) is 18.2. The molecule has 1 unspecified atom stereocenters. The van der Waals surface area contributed by atoms with Gasteiger partial charge in [0.1, 0.15) is 12.2 Å². The third kappa shape index (κ3) is 5.62. The highest BCUT2D eigenvalue weighted by molar-refractivity contribution is 5.61. The van der Waals surface area contributed by atoms with Gasteiger partial charge >= 0.3 is 12.3 Å². The summed E-state index contributed by atoms with van der Waals surface area (Å²) < 4.78 is 21.1. The number of carbonyl (C=O) groups is 2. The lowest BCUT2D eigenvalue weighted by Crippen LogP contribution is -2.54. The van der Waals surface area contributed by atoms with Crippen LogP contribution in [-0.2, 0) is 18.9 Å². The smallest absolute Gasteiger partial charge is 0.438 e. The Morgan fingerprint density at radius 1 is 1.03 bits per heavy atom. The van der Waals surface area contributed by atoms with Crippen molar-refractivity contribution in [3.8, 4) is 0 Å². The highest BCUT2D eigenvalue weighted by Gasteiger charge is 2.60. The fourth-order valence-corrected chi connectivity index (χ4v) is 8.76. The fourth-order valence-electron chi connectivity index (χ4n) is 8.76. The van der Waals surface area contributed by atoms with E-state index in [1.807, 2.05) is 13.8 Å². The van der Waals surface area contributed by atoms with Crippen LogP contribution in [0, 0.1) is 40.4 Å². The molecule has 0 heterocycles. The molecular weight excluding hydrogens is 496 g/mol. The Bertz CT molecular complexity index is 993. The molecule has 1 N–H and O–H groups in total. The molecular formula is C32H50O7. The Labute approximate surface area is 234 Å². The second-order valence-electron chi connectivity index (χ2n) is 13.9. The van der Waals surface area contributed by atoms with Crippen molar-refractivity contribution in [3.63, 3.8) is 0 Å². The molecule has 3 saturated carbocycles. The van der Waals surface area contributed by atoms with Crippen LogP contribution in [0.3, 0.4) is 0 Å². The van der Waals surface area contributed by atoms with E-state index in [2.05, 4.69) is 39.8 Å². The Hall–Kier alpha value is -2.02. The van der Waals surface area contributed by atoms with Crippen molar-refractivity contribution in [2.24, 2.45) is 40.4 Å². The van der Waals surface area contributed by atoms with Gasteiger partial charge in [-0.3, -0.25) is 0 Å². The first-order valence-corrected chi connectivity index (χ1v) is 14.9. The van der Waals surface area contributed by atoms with Gasteiger partial charge in [0, 0.05) is 18.3 Å². The van der Waals surface area contributed by atoms with Gasteiger partial charge in [0.2, 0.25) is 0 Å². The number of hydrogen-bond donors (Lipinski definition) is 1. The van der Waals surface area contributed by atoms with Crippen LogP contribution in [0.1, 0.15) is 92.9 Å². The molecule has 3 fully saturated rings. The third-order valence-corrected chi connectivity index (χ3v) is 11.3. The van der Waals surface area contributed by atoms with Crippen LogP contribution in [0.5, 0.6) is 0 Å². The maximum absolute atomic E-state index is 12.3. The average molecular weight is 547 g/mol. The van der Waals surface area contributed by atoms with Crippen molar-refractivity contribution in [2.45, 2.75) is 111 Å². The van der Waals surface area contributed by atoms with Gasteiger partial charge in [0.15, 0.2) is 0 Å². The van der Waals surface area contributed by atoms with Crippen LogP contribution in [0.15, 0.2) is 23.3 Å². The summed E-state index contributed by atoms with van der Waals surface area (Å²) in [4.78, 5) is 24.2. The molecule has 0 aromatic carbocycles. The minimum absolute atomic E-state index is 0.232. The normalized spacial score (nSPS) is 37.2. The molecule has 0 spiro atoms. The van der Waals surface area contributed by atoms with E-state index in [0.717, 1.165) is 31.3 Å². The number of ether oxygens (including phenoxy) is 4. The standard InChI is InChI=1S/C32H50O7/c1-19(13-15-30(3,4)35)20(2)24-11-12-25-23-10-9-21-17-22(38-28(33)36-7)18-27(39-29(34)37-8)32(21,6)26(23)14-16-31(24,25)5/h9-10,19-20,22,24-27,35H,11-18H2,1-8H3/t19?,20-,22+,24+,25-,26-,27-,31+,32-/m0/s1. The summed E-state index contributed by atoms with van der Waals surface area (Å²) in [6.45, 7) is 13.3. The van der Waals surface area contributed by atoms with E-state index >= 15 is 0 Å². The molecule has 7 heteroatoms. The molecule has 9 atom stereocenters. The largest absolute Gasteiger partial charge is 0.508 e. The van der Waals surface area contributed by atoms with Crippen LogP contribution in [0.4, 0.5) is 9.59 Å². The Balaban J connectivity index is 1.60. The fraction of sp³-hybridized carbons (Fsp3) is 0.812. The van der Waals surface area contributed by atoms with Gasteiger partial charge in [-0.15, -0.1) is 0 Å². The number of fused-ring (bicyclic) bond motifs is 5. The Kier molecular flexibility index (Phi) is 8.52. The van der Waals surface area contributed by atoms with E-state index in [1.165, 1.54) is 32.6 Å². The molecule has 0 amide bonds. The van der Waals surface area contributed by atoms with Gasteiger partial charge in [0.25, 0.3) is 0 Å². The van der Waals surface area contributed by atoms with Crippen LogP contribution in [-0.4, -0.2) is 49.4 Å². The zero-order valence-electron chi connectivity index (χ0n) is 25.2. The Morgan fingerprint density at radius 2 is 1.69 bits per heavy atom. The number of carbonyl (C=O) groups excluding carboxylic acids is 2. The summed E-state index contributed by atoms with van der Waals surface area (Å²) >= 11 is 0. The summed E-state index contributed by atoms with van der Waals surface area (Å²) in [5.74, 6) is 2.56. The monoisotopic (exact) mass is 546 g/mol. The SMILES string of the molecule is COC(=O)O[C@@H]1CC2=CC=C3[C@@H]4CC[C@H]([C@@H](C)C(C)CCC(C)(C)O)[C@@]4(C)CC[C@@H]3[C@@]2(C)[C@@H](OC(=O)OC)C1. The molecule has 39 heavy (non-hydrogen) atoms. The highest BCUT2D eigenvalue weighted by Crippen LogP contribution is 2.66. The topological polar surface area (TPSA) is 91.3 Å². The van der Waals surface area contributed by atoms with E-state index in [0.29, 0.717) is 36.5 Å². The molecule has 7 nitrogen and oxygen atoms in total. The molecule has 220 valence electrons.